The molecule has 0 radical (unpaired) electrons. The lowest BCUT2D eigenvalue weighted by Crippen LogP contribution is -2.29. The molecule has 1 unspecified atom stereocenters. The van der Waals surface area contributed by atoms with Crippen molar-refractivity contribution >= 4 is 32.4 Å². The van der Waals surface area contributed by atoms with Crippen molar-refractivity contribution in [2.24, 2.45) is 0 Å². The van der Waals surface area contributed by atoms with Gasteiger partial charge in [0.25, 0.3) is 15.9 Å². The lowest BCUT2D eigenvalue weighted by atomic mass is 9.93. The number of carbonyl (C=O) groups excluding carboxylic acids is 1. The second-order valence-electron chi connectivity index (χ2n) is 8.78. The van der Waals surface area contributed by atoms with Gasteiger partial charge in [0.1, 0.15) is 5.75 Å². The summed E-state index contributed by atoms with van der Waals surface area (Å²) in [6, 6.07) is 8.20. The molecule has 0 aliphatic heterocycles. The first-order valence-electron chi connectivity index (χ1n) is 12.3. The summed E-state index contributed by atoms with van der Waals surface area (Å²) in [5, 5.41) is 7.05. The Hall–Kier alpha value is -3.40. The van der Waals surface area contributed by atoms with Gasteiger partial charge in [0, 0.05) is 12.5 Å². The van der Waals surface area contributed by atoms with E-state index in [4.69, 9.17) is 4.74 Å². The summed E-state index contributed by atoms with van der Waals surface area (Å²) in [6.45, 7) is 3.69. The summed E-state index contributed by atoms with van der Waals surface area (Å²) in [7, 11) is -4.26. The van der Waals surface area contributed by atoms with Gasteiger partial charge in [0.15, 0.2) is 0 Å². The van der Waals surface area contributed by atoms with Gasteiger partial charge in [-0.3, -0.25) is 9.52 Å². The van der Waals surface area contributed by atoms with Gasteiger partial charge in [-0.05, 0) is 49.2 Å². The predicted molar refractivity (Wildman–Crippen MR) is 139 cm³/mol. The van der Waals surface area contributed by atoms with Gasteiger partial charge >= 0.3 is 12.4 Å². The molecule has 2 aromatic carbocycles. The highest BCUT2D eigenvalue weighted by Gasteiger charge is 2.36. The summed E-state index contributed by atoms with van der Waals surface area (Å²) in [4.78, 5) is 12.7. The van der Waals surface area contributed by atoms with Gasteiger partial charge in [0.05, 0.1) is 22.6 Å². The van der Waals surface area contributed by atoms with E-state index in [9.17, 15) is 39.6 Å². The van der Waals surface area contributed by atoms with E-state index in [1.165, 1.54) is 24.3 Å². The second kappa shape index (κ2) is 13.1. The maximum atomic E-state index is 13.1. The van der Waals surface area contributed by atoms with Gasteiger partial charge < -0.3 is 10.1 Å². The summed E-state index contributed by atoms with van der Waals surface area (Å²) >= 11 is 0.0495. The lowest BCUT2D eigenvalue weighted by Gasteiger charge is -2.19. The van der Waals surface area contributed by atoms with Crippen molar-refractivity contribution in [2.75, 3.05) is 17.9 Å². The van der Waals surface area contributed by atoms with Crippen molar-refractivity contribution < 1.29 is 44.3 Å². The molecule has 41 heavy (non-hydrogen) atoms. The van der Waals surface area contributed by atoms with Gasteiger partial charge in [-0.1, -0.05) is 43.2 Å². The highest BCUT2D eigenvalue weighted by molar-refractivity contribution is 7.93. The van der Waals surface area contributed by atoms with Crippen LogP contribution in [0.5, 0.6) is 5.75 Å². The molecule has 1 heterocycles. The highest BCUT2D eigenvalue weighted by Crippen LogP contribution is 2.35. The topological polar surface area (TPSA) is 110 Å². The van der Waals surface area contributed by atoms with E-state index in [1.54, 1.807) is 6.92 Å². The summed E-state index contributed by atoms with van der Waals surface area (Å²) in [5.74, 6) is -1.11. The first-order chi connectivity index (χ1) is 19.2. The van der Waals surface area contributed by atoms with Crippen molar-refractivity contribution in [3.05, 3.63) is 64.2 Å². The number of carbonyl (C=O) groups is 1. The van der Waals surface area contributed by atoms with E-state index in [2.05, 4.69) is 15.5 Å². The number of nitrogens with one attached hydrogen (secondary N) is 2. The van der Waals surface area contributed by atoms with Crippen molar-refractivity contribution in [2.45, 2.75) is 56.3 Å². The molecule has 0 saturated heterocycles. The number of hydrogen-bond donors (Lipinski definition) is 2. The number of unbranched alkanes of at least 4 members (excludes halogenated alkanes) is 1. The van der Waals surface area contributed by atoms with Crippen LogP contribution in [0.15, 0.2) is 47.4 Å². The lowest BCUT2D eigenvalue weighted by molar-refractivity contribution is -0.138. The molecule has 3 aromatic rings. The minimum Gasteiger partial charge on any atom is -0.493 e. The third-order valence-electron chi connectivity index (χ3n) is 5.82. The number of hydrogen-bond acceptors (Lipinski definition) is 7. The molecule has 2 N–H and O–H groups in total. The van der Waals surface area contributed by atoms with Crippen LogP contribution in [0.4, 0.5) is 31.5 Å². The standard InChI is InChI=1S/C25H26F6N4O4S2/c1-3-5-6-16(14-32-21(36)19-12-9-17(24(26,27)28)13-20(19)39-4-2)15-7-10-18(11-8-15)41(37,38)35-23-34-33-22(40-23)25(29,30)31/h7-13,16H,3-6,14H2,1-2H3,(H,32,36)(H,34,35). The Morgan fingerprint density at radius 2 is 1.68 bits per heavy atom. The second-order valence-corrected chi connectivity index (χ2v) is 11.4. The molecule has 0 fully saturated rings. The fourth-order valence-electron chi connectivity index (χ4n) is 3.78. The number of anilines is 1. The molecule has 224 valence electrons. The van der Waals surface area contributed by atoms with Gasteiger partial charge in [-0.15, -0.1) is 10.2 Å². The van der Waals surface area contributed by atoms with E-state index < -0.39 is 44.0 Å². The van der Waals surface area contributed by atoms with Crippen LogP contribution in [-0.2, 0) is 22.4 Å². The summed E-state index contributed by atoms with van der Waals surface area (Å²) in [6.07, 6.45) is -7.16. The van der Waals surface area contributed by atoms with Crippen LogP contribution >= 0.6 is 11.3 Å². The number of nitrogens with zero attached hydrogens (tertiary/aromatic N) is 2. The number of rotatable bonds is 12. The fourth-order valence-corrected chi connectivity index (χ4v) is 5.62. The quantitative estimate of drug-likeness (QED) is 0.223. The number of alkyl halides is 6. The Balaban J connectivity index is 1.75. The van der Waals surface area contributed by atoms with Crippen LogP contribution in [0.1, 0.15) is 65.5 Å². The van der Waals surface area contributed by atoms with E-state index in [0.717, 1.165) is 31.0 Å². The third kappa shape index (κ3) is 8.55. The minimum atomic E-state index is -4.76. The molecule has 0 aliphatic rings. The number of benzene rings is 2. The zero-order valence-electron chi connectivity index (χ0n) is 21.8. The van der Waals surface area contributed by atoms with E-state index in [0.29, 0.717) is 12.0 Å². The van der Waals surface area contributed by atoms with Crippen LogP contribution < -0.4 is 14.8 Å². The Kier molecular flexibility index (Phi) is 10.2. The molecular weight excluding hydrogens is 598 g/mol. The van der Waals surface area contributed by atoms with Crippen LogP contribution in [0.3, 0.4) is 0 Å². The van der Waals surface area contributed by atoms with Crippen LogP contribution in [0.25, 0.3) is 0 Å². The number of amides is 1. The monoisotopic (exact) mass is 624 g/mol. The number of halogens is 6. The molecule has 0 bridgehead atoms. The first-order valence-corrected chi connectivity index (χ1v) is 14.6. The highest BCUT2D eigenvalue weighted by atomic mass is 32.2. The van der Waals surface area contributed by atoms with Gasteiger partial charge in [0.2, 0.25) is 10.1 Å². The number of ether oxygens (including phenoxy) is 1. The van der Waals surface area contributed by atoms with E-state index >= 15 is 0 Å². The molecule has 0 saturated carbocycles. The Labute approximate surface area is 236 Å². The van der Waals surface area contributed by atoms with E-state index in [-0.39, 0.29) is 46.6 Å². The maximum Gasteiger partial charge on any atom is 0.445 e. The number of sulfonamides is 1. The zero-order chi connectivity index (χ0) is 30.4. The molecule has 8 nitrogen and oxygen atoms in total. The molecule has 0 aliphatic carbocycles. The number of aromatic nitrogens is 2. The van der Waals surface area contributed by atoms with Gasteiger partial charge in [-0.2, -0.15) is 26.3 Å². The van der Waals surface area contributed by atoms with Crippen molar-refractivity contribution in [3.63, 3.8) is 0 Å². The smallest absolute Gasteiger partial charge is 0.445 e. The Bertz CT molecular complexity index is 1440. The third-order valence-corrected chi connectivity index (χ3v) is 8.19. The van der Waals surface area contributed by atoms with Crippen molar-refractivity contribution in [1.29, 1.82) is 0 Å². The zero-order valence-corrected chi connectivity index (χ0v) is 23.4. The van der Waals surface area contributed by atoms with Crippen LogP contribution in [-0.4, -0.2) is 37.7 Å². The summed E-state index contributed by atoms with van der Waals surface area (Å²) < 4.78 is 110. The average Bonchev–Trinajstić information content (AvgIpc) is 3.37. The molecule has 1 atom stereocenters. The molecule has 16 heteroatoms. The normalized spacial score (nSPS) is 13.1. The first kappa shape index (κ1) is 32.1. The van der Waals surface area contributed by atoms with Crippen molar-refractivity contribution in [3.8, 4) is 5.75 Å². The average molecular weight is 625 g/mol. The van der Waals surface area contributed by atoms with Crippen LogP contribution in [0, 0.1) is 0 Å². The molecule has 1 amide bonds. The van der Waals surface area contributed by atoms with Crippen LogP contribution in [0.2, 0.25) is 0 Å². The molecule has 0 spiro atoms. The van der Waals surface area contributed by atoms with E-state index in [1.807, 2.05) is 11.6 Å². The maximum absolute atomic E-state index is 13.1. The molecular formula is C25H26F6N4O4S2. The van der Waals surface area contributed by atoms with Gasteiger partial charge in [-0.25, -0.2) is 8.42 Å². The Morgan fingerprint density at radius 3 is 2.24 bits per heavy atom. The SMILES string of the molecule is CCCCC(CNC(=O)c1ccc(C(F)(F)F)cc1OCC)c1ccc(S(=O)(=O)Nc2nnc(C(F)(F)F)s2)cc1. The summed E-state index contributed by atoms with van der Waals surface area (Å²) in [5.41, 5.74) is -0.341. The molecule has 1 aromatic heterocycles. The minimum absolute atomic E-state index is 0.0490. The van der Waals surface area contributed by atoms with Crippen molar-refractivity contribution in [1.82, 2.24) is 15.5 Å². The fraction of sp³-hybridized carbons (Fsp3) is 0.400. The molecule has 3 rings (SSSR count). The Morgan fingerprint density at radius 1 is 1.00 bits per heavy atom. The largest absolute Gasteiger partial charge is 0.493 e. The predicted octanol–water partition coefficient (Wildman–Crippen LogP) is 6.48.